The summed E-state index contributed by atoms with van der Waals surface area (Å²) >= 11 is 12.4. The van der Waals surface area contributed by atoms with E-state index in [2.05, 4.69) is 0 Å². The minimum absolute atomic E-state index is 0.180. The van der Waals surface area contributed by atoms with Crippen LogP contribution in [-0.4, -0.2) is 12.9 Å². The molecule has 3 aromatic carbocycles. The summed E-state index contributed by atoms with van der Waals surface area (Å²) in [5.74, 6) is 1.81. The third-order valence-corrected chi connectivity index (χ3v) is 5.46. The molecule has 0 bridgehead atoms. The molecule has 1 heterocycles. The van der Waals surface area contributed by atoms with Crippen LogP contribution in [0.5, 0.6) is 17.2 Å². The van der Waals surface area contributed by atoms with E-state index in [9.17, 15) is 4.79 Å². The van der Waals surface area contributed by atoms with Crippen LogP contribution in [0, 0.1) is 0 Å². The Bertz CT molecular complexity index is 1180. The van der Waals surface area contributed by atoms with Crippen LogP contribution in [0.1, 0.15) is 21.5 Å². The maximum Gasteiger partial charge on any atom is 0.231 e. The number of rotatable bonds is 6. The topological polar surface area (TPSA) is 44.8 Å². The smallest absolute Gasteiger partial charge is 0.231 e. The van der Waals surface area contributed by atoms with Gasteiger partial charge in [0.2, 0.25) is 5.78 Å². The zero-order valence-corrected chi connectivity index (χ0v) is 18.1. The van der Waals surface area contributed by atoms with Crippen LogP contribution < -0.4 is 14.2 Å². The molecule has 0 fully saturated rings. The molecule has 31 heavy (non-hydrogen) atoms. The van der Waals surface area contributed by atoms with Gasteiger partial charge in [0.1, 0.15) is 23.9 Å². The summed E-state index contributed by atoms with van der Waals surface area (Å²) in [6.07, 6.45) is 5.25. The molecule has 0 N–H and O–H groups in total. The minimum Gasteiger partial charge on any atom is -0.496 e. The Morgan fingerprint density at radius 3 is 2.55 bits per heavy atom. The van der Waals surface area contributed by atoms with Gasteiger partial charge < -0.3 is 14.2 Å². The van der Waals surface area contributed by atoms with Gasteiger partial charge in [0, 0.05) is 27.2 Å². The fourth-order valence-corrected chi connectivity index (χ4v) is 3.65. The Morgan fingerprint density at radius 1 is 1.00 bits per heavy atom. The zero-order chi connectivity index (χ0) is 21.8. The first-order valence-electron chi connectivity index (χ1n) is 9.50. The van der Waals surface area contributed by atoms with E-state index in [1.54, 1.807) is 55.7 Å². The largest absolute Gasteiger partial charge is 0.496 e. The summed E-state index contributed by atoms with van der Waals surface area (Å²) < 4.78 is 16.9. The van der Waals surface area contributed by atoms with Crippen LogP contribution in [0.3, 0.4) is 0 Å². The van der Waals surface area contributed by atoms with Crippen molar-refractivity contribution in [3.63, 3.8) is 0 Å². The fraction of sp³-hybridized carbons (Fsp3) is 0.0800. The van der Waals surface area contributed by atoms with E-state index in [1.165, 1.54) is 0 Å². The van der Waals surface area contributed by atoms with Crippen molar-refractivity contribution < 1.29 is 19.0 Å². The predicted molar refractivity (Wildman–Crippen MR) is 122 cm³/mol. The number of carbonyl (C=O) groups excluding carboxylic acids is 1. The number of Topliss-reactive ketones (excluding diaryl/α,β-unsaturated/α-hetero) is 1. The van der Waals surface area contributed by atoms with E-state index < -0.39 is 0 Å². The molecule has 0 saturated carbocycles. The van der Waals surface area contributed by atoms with Crippen molar-refractivity contribution in [2.24, 2.45) is 0 Å². The van der Waals surface area contributed by atoms with E-state index >= 15 is 0 Å². The molecular weight excluding hydrogens is 435 g/mol. The van der Waals surface area contributed by atoms with E-state index in [-0.39, 0.29) is 18.1 Å². The molecule has 0 aliphatic carbocycles. The number of ketones is 1. The van der Waals surface area contributed by atoms with Crippen LogP contribution in [-0.2, 0) is 6.61 Å². The number of halogens is 2. The molecular formula is C25H18Cl2O4. The maximum absolute atomic E-state index is 12.6. The summed E-state index contributed by atoms with van der Waals surface area (Å²) in [7, 11) is 1.62. The normalized spacial score (nSPS) is 14.0. The van der Waals surface area contributed by atoms with Gasteiger partial charge in [-0.05, 0) is 36.4 Å². The molecule has 156 valence electrons. The molecule has 4 rings (SSSR count). The number of benzene rings is 3. The van der Waals surface area contributed by atoms with Gasteiger partial charge in [0.15, 0.2) is 5.76 Å². The predicted octanol–water partition coefficient (Wildman–Crippen LogP) is 6.75. The van der Waals surface area contributed by atoms with E-state index in [1.807, 2.05) is 30.3 Å². The molecule has 0 amide bonds. The number of hydrogen-bond donors (Lipinski definition) is 0. The molecule has 0 atom stereocenters. The van der Waals surface area contributed by atoms with Crippen molar-refractivity contribution in [2.45, 2.75) is 6.61 Å². The standard InChI is InChI=1S/C25H18Cl2O4/c1-29-22-10-3-2-6-16(22)7-4-11-23-25(28)18-13-12-17(14-24(18)31-23)30-15-19-20(26)8-5-9-21(19)27/h2-14H,15H2,1H3. The first-order chi connectivity index (χ1) is 15.1. The van der Waals surface area contributed by atoms with Gasteiger partial charge in [-0.2, -0.15) is 0 Å². The lowest BCUT2D eigenvalue weighted by Gasteiger charge is -2.10. The average molecular weight is 453 g/mol. The molecule has 3 aromatic rings. The summed E-state index contributed by atoms with van der Waals surface area (Å²) in [6, 6.07) is 18.0. The van der Waals surface area contributed by atoms with Crippen LogP contribution in [0.15, 0.2) is 78.6 Å². The van der Waals surface area contributed by atoms with Gasteiger partial charge in [0.25, 0.3) is 0 Å². The van der Waals surface area contributed by atoms with Gasteiger partial charge in [0.05, 0.1) is 12.7 Å². The van der Waals surface area contributed by atoms with E-state index in [4.69, 9.17) is 37.4 Å². The molecule has 0 aromatic heterocycles. The number of methoxy groups -OCH3 is 1. The van der Waals surface area contributed by atoms with Crippen LogP contribution in [0.2, 0.25) is 10.0 Å². The Kier molecular flexibility index (Phi) is 6.31. The molecule has 0 radical (unpaired) electrons. The highest BCUT2D eigenvalue weighted by atomic mass is 35.5. The summed E-state index contributed by atoms with van der Waals surface area (Å²) in [4.78, 5) is 12.6. The lowest BCUT2D eigenvalue weighted by Crippen LogP contribution is -1.98. The highest BCUT2D eigenvalue weighted by Crippen LogP contribution is 2.35. The fourth-order valence-electron chi connectivity index (χ4n) is 3.14. The highest BCUT2D eigenvalue weighted by molar-refractivity contribution is 6.35. The molecule has 1 aliphatic rings. The van der Waals surface area contributed by atoms with Crippen LogP contribution in [0.25, 0.3) is 6.08 Å². The first kappa shape index (κ1) is 21.0. The van der Waals surface area contributed by atoms with Gasteiger partial charge in [-0.25, -0.2) is 0 Å². The Hall–Kier alpha value is -3.21. The molecule has 0 saturated heterocycles. The number of fused-ring (bicyclic) bond motifs is 1. The number of hydrogen-bond acceptors (Lipinski definition) is 4. The molecule has 0 unspecified atom stereocenters. The van der Waals surface area contributed by atoms with E-state index in [0.29, 0.717) is 32.7 Å². The van der Waals surface area contributed by atoms with Crippen LogP contribution in [0.4, 0.5) is 0 Å². The first-order valence-corrected chi connectivity index (χ1v) is 10.3. The second kappa shape index (κ2) is 9.29. The Labute approximate surface area is 190 Å². The average Bonchev–Trinajstić information content (AvgIpc) is 3.08. The van der Waals surface area contributed by atoms with Gasteiger partial charge in [-0.3, -0.25) is 4.79 Å². The second-order valence-corrected chi connectivity index (χ2v) is 7.52. The van der Waals surface area contributed by atoms with Crippen molar-refractivity contribution in [2.75, 3.05) is 7.11 Å². The maximum atomic E-state index is 12.6. The summed E-state index contributed by atoms with van der Waals surface area (Å²) in [6.45, 7) is 0.204. The van der Waals surface area contributed by atoms with Gasteiger partial charge in [-0.1, -0.05) is 59.6 Å². The Balaban J connectivity index is 1.48. The lowest BCUT2D eigenvalue weighted by atomic mass is 10.1. The minimum atomic E-state index is -0.180. The van der Waals surface area contributed by atoms with Gasteiger partial charge in [-0.15, -0.1) is 0 Å². The van der Waals surface area contributed by atoms with Crippen molar-refractivity contribution in [1.82, 2.24) is 0 Å². The van der Waals surface area contributed by atoms with Crippen LogP contribution >= 0.6 is 23.2 Å². The number of carbonyl (C=O) groups is 1. The third kappa shape index (κ3) is 4.61. The lowest BCUT2D eigenvalue weighted by molar-refractivity contribution is 0.101. The summed E-state index contributed by atoms with van der Waals surface area (Å²) in [5.41, 5.74) is 2.09. The van der Waals surface area contributed by atoms with Crippen molar-refractivity contribution in [1.29, 1.82) is 0 Å². The number of allylic oxidation sites excluding steroid dienone is 3. The van der Waals surface area contributed by atoms with Gasteiger partial charge >= 0.3 is 0 Å². The van der Waals surface area contributed by atoms with Crippen molar-refractivity contribution in [3.8, 4) is 17.2 Å². The summed E-state index contributed by atoms with van der Waals surface area (Å²) in [5, 5.41) is 1.07. The number of ether oxygens (including phenoxy) is 3. The second-order valence-electron chi connectivity index (χ2n) is 6.71. The quantitative estimate of drug-likeness (QED) is 0.387. The zero-order valence-electron chi connectivity index (χ0n) is 16.6. The molecule has 6 heteroatoms. The third-order valence-electron chi connectivity index (χ3n) is 4.75. The monoisotopic (exact) mass is 452 g/mol. The highest BCUT2D eigenvalue weighted by Gasteiger charge is 2.27. The molecule has 4 nitrogen and oxygen atoms in total. The number of para-hydroxylation sites is 1. The van der Waals surface area contributed by atoms with E-state index in [0.717, 1.165) is 11.3 Å². The van der Waals surface area contributed by atoms with Crippen molar-refractivity contribution >= 4 is 35.1 Å². The molecule has 0 spiro atoms. The van der Waals surface area contributed by atoms with Crippen molar-refractivity contribution in [3.05, 3.63) is 105 Å². The molecule has 1 aliphatic heterocycles. The SMILES string of the molecule is COc1ccccc1C=CC=C1Oc2cc(OCc3c(Cl)cccc3Cl)ccc2C1=O. The Morgan fingerprint density at radius 2 is 1.77 bits per heavy atom.